The number of nitrogens with two attached hydrogens (primary N) is 1. The van der Waals surface area contributed by atoms with E-state index in [2.05, 4.69) is 5.32 Å². The smallest absolute Gasteiger partial charge is 0.257 e. The Morgan fingerprint density at radius 2 is 1.75 bits per heavy atom. The number of hydrogen-bond donors (Lipinski definition) is 2. The van der Waals surface area contributed by atoms with E-state index in [9.17, 15) is 4.79 Å². The third-order valence-electron chi connectivity index (χ3n) is 3.09. The second-order valence-electron chi connectivity index (χ2n) is 4.99. The van der Waals surface area contributed by atoms with Gasteiger partial charge in [-0.1, -0.05) is 6.07 Å². The molecule has 20 heavy (non-hydrogen) atoms. The van der Waals surface area contributed by atoms with Gasteiger partial charge in [-0.25, -0.2) is 0 Å². The second kappa shape index (κ2) is 5.65. The van der Waals surface area contributed by atoms with E-state index in [1.54, 1.807) is 12.1 Å². The number of nitrogen functional groups attached to an aromatic ring is 1. The first-order valence-electron chi connectivity index (χ1n) is 6.42. The first-order chi connectivity index (χ1) is 9.47. The van der Waals surface area contributed by atoms with Crippen LogP contribution >= 0.6 is 0 Å². The third kappa shape index (κ3) is 3.09. The zero-order chi connectivity index (χ0) is 14.7. The molecule has 4 heteroatoms. The molecule has 0 fully saturated rings. The molecule has 0 unspecified atom stereocenters. The number of nitrogens with zero attached hydrogens (tertiary/aromatic N) is 1. The van der Waals surface area contributed by atoms with Gasteiger partial charge in [-0.2, -0.15) is 0 Å². The van der Waals surface area contributed by atoms with Crippen molar-refractivity contribution in [1.29, 1.82) is 0 Å². The van der Waals surface area contributed by atoms with Crippen LogP contribution in [0.4, 0.5) is 17.1 Å². The lowest BCUT2D eigenvalue weighted by Crippen LogP contribution is -2.14. The molecule has 104 valence electrons. The Labute approximate surface area is 119 Å². The summed E-state index contributed by atoms with van der Waals surface area (Å²) in [7, 11) is 3.95. The molecule has 0 saturated heterocycles. The zero-order valence-electron chi connectivity index (χ0n) is 12.0. The molecule has 2 aromatic rings. The first-order valence-corrected chi connectivity index (χ1v) is 6.42. The predicted molar refractivity (Wildman–Crippen MR) is 84.3 cm³/mol. The fourth-order valence-electron chi connectivity index (χ4n) is 1.93. The van der Waals surface area contributed by atoms with Gasteiger partial charge in [0.1, 0.15) is 0 Å². The molecule has 0 aliphatic rings. The van der Waals surface area contributed by atoms with Gasteiger partial charge >= 0.3 is 0 Å². The van der Waals surface area contributed by atoms with Gasteiger partial charge < -0.3 is 16.0 Å². The number of aryl methyl sites for hydroxylation is 1. The minimum Gasteiger partial charge on any atom is -0.398 e. The summed E-state index contributed by atoms with van der Waals surface area (Å²) in [5.74, 6) is -0.194. The lowest BCUT2D eigenvalue weighted by Gasteiger charge is -2.13. The molecule has 4 nitrogen and oxygen atoms in total. The molecule has 0 bridgehead atoms. The molecule has 0 radical (unpaired) electrons. The van der Waals surface area contributed by atoms with Crippen LogP contribution in [0.5, 0.6) is 0 Å². The van der Waals surface area contributed by atoms with Gasteiger partial charge in [0, 0.05) is 31.2 Å². The highest BCUT2D eigenvalue weighted by Gasteiger charge is 2.09. The maximum atomic E-state index is 12.2. The lowest BCUT2D eigenvalue weighted by molar-refractivity contribution is 0.102. The molecular weight excluding hydrogens is 250 g/mol. The number of carbonyl (C=O) groups excluding carboxylic acids is 1. The van der Waals surface area contributed by atoms with Gasteiger partial charge in [0.05, 0.1) is 5.56 Å². The molecule has 0 saturated carbocycles. The average molecular weight is 269 g/mol. The van der Waals surface area contributed by atoms with E-state index in [0.717, 1.165) is 16.9 Å². The Kier molecular flexibility index (Phi) is 3.94. The third-order valence-corrected chi connectivity index (χ3v) is 3.09. The number of rotatable bonds is 3. The van der Waals surface area contributed by atoms with Crippen molar-refractivity contribution in [3.05, 3.63) is 53.6 Å². The van der Waals surface area contributed by atoms with E-state index < -0.39 is 0 Å². The lowest BCUT2D eigenvalue weighted by atomic mass is 10.1. The number of nitrogens with one attached hydrogen (secondary N) is 1. The fraction of sp³-hybridized carbons (Fsp3) is 0.188. The van der Waals surface area contributed by atoms with Gasteiger partial charge in [-0.05, 0) is 48.9 Å². The maximum absolute atomic E-state index is 12.2. The van der Waals surface area contributed by atoms with Gasteiger partial charge in [0.2, 0.25) is 0 Å². The monoisotopic (exact) mass is 269 g/mol. The summed E-state index contributed by atoms with van der Waals surface area (Å²) in [6.45, 7) is 1.94. The van der Waals surface area contributed by atoms with Gasteiger partial charge in [0.25, 0.3) is 5.91 Å². The van der Waals surface area contributed by atoms with Gasteiger partial charge in [-0.3, -0.25) is 4.79 Å². The van der Waals surface area contributed by atoms with Crippen LogP contribution < -0.4 is 16.0 Å². The number of anilines is 3. The van der Waals surface area contributed by atoms with Crippen molar-refractivity contribution in [3.8, 4) is 0 Å². The van der Waals surface area contributed by atoms with E-state index in [1.807, 2.05) is 56.3 Å². The maximum Gasteiger partial charge on any atom is 0.257 e. The molecule has 1 amide bonds. The predicted octanol–water partition coefficient (Wildman–Crippen LogP) is 2.90. The van der Waals surface area contributed by atoms with E-state index >= 15 is 0 Å². The summed E-state index contributed by atoms with van der Waals surface area (Å²) < 4.78 is 0. The minimum absolute atomic E-state index is 0.194. The zero-order valence-corrected chi connectivity index (χ0v) is 12.0. The van der Waals surface area contributed by atoms with E-state index in [0.29, 0.717) is 11.3 Å². The Bertz CT molecular complexity index is 618. The summed E-state index contributed by atoms with van der Waals surface area (Å²) in [6.07, 6.45) is 0. The number of hydrogen-bond acceptors (Lipinski definition) is 3. The molecule has 0 aliphatic heterocycles. The van der Waals surface area contributed by atoms with Crippen LogP contribution in [0.1, 0.15) is 15.9 Å². The van der Waals surface area contributed by atoms with Crippen molar-refractivity contribution in [2.75, 3.05) is 30.0 Å². The highest BCUT2D eigenvalue weighted by atomic mass is 16.1. The average Bonchev–Trinajstić information content (AvgIpc) is 2.39. The molecule has 0 atom stereocenters. The van der Waals surface area contributed by atoms with Crippen molar-refractivity contribution in [3.63, 3.8) is 0 Å². The molecule has 0 aliphatic carbocycles. The Morgan fingerprint density at radius 1 is 1.10 bits per heavy atom. The minimum atomic E-state index is -0.194. The van der Waals surface area contributed by atoms with Crippen molar-refractivity contribution in [1.82, 2.24) is 0 Å². The molecule has 0 aromatic heterocycles. The largest absolute Gasteiger partial charge is 0.398 e. The van der Waals surface area contributed by atoms with Crippen LogP contribution in [-0.2, 0) is 0 Å². The standard InChI is InChI=1S/C16H19N3O/c1-11-4-9-14(15(17)10-11)16(20)18-12-5-7-13(8-6-12)19(2)3/h4-10H,17H2,1-3H3,(H,18,20). The summed E-state index contributed by atoms with van der Waals surface area (Å²) in [5, 5.41) is 2.85. The van der Waals surface area contributed by atoms with Crippen LogP contribution in [0.2, 0.25) is 0 Å². The Hall–Kier alpha value is -2.49. The molecule has 0 spiro atoms. The van der Waals surface area contributed by atoms with Crippen LogP contribution in [0.25, 0.3) is 0 Å². The van der Waals surface area contributed by atoms with Crippen molar-refractivity contribution < 1.29 is 4.79 Å². The molecule has 2 aromatic carbocycles. The first kappa shape index (κ1) is 13.9. The van der Waals surface area contributed by atoms with Crippen molar-refractivity contribution >= 4 is 23.0 Å². The van der Waals surface area contributed by atoms with Crippen LogP contribution in [0.3, 0.4) is 0 Å². The molecule has 0 heterocycles. The molecular formula is C16H19N3O. The SMILES string of the molecule is Cc1ccc(C(=O)Nc2ccc(N(C)C)cc2)c(N)c1. The van der Waals surface area contributed by atoms with E-state index in [-0.39, 0.29) is 5.91 Å². The molecule has 2 rings (SSSR count). The van der Waals surface area contributed by atoms with E-state index in [4.69, 9.17) is 5.73 Å². The molecule has 3 N–H and O–H groups in total. The normalized spacial score (nSPS) is 10.2. The summed E-state index contributed by atoms with van der Waals surface area (Å²) >= 11 is 0. The summed E-state index contributed by atoms with van der Waals surface area (Å²) in [4.78, 5) is 14.2. The van der Waals surface area contributed by atoms with Gasteiger partial charge in [0.15, 0.2) is 0 Å². The van der Waals surface area contributed by atoms with Crippen molar-refractivity contribution in [2.45, 2.75) is 6.92 Å². The highest BCUT2D eigenvalue weighted by Crippen LogP contribution is 2.19. The number of carbonyl (C=O) groups is 1. The Balaban J connectivity index is 2.15. The topological polar surface area (TPSA) is 58.4 Å². The number of amides is 1. The fourth-order valence-corrected chi connectivity index (χ4v) is 1.93. The number of benzene rings is 2. The second-order valence-corrected chi connectivity index (χ2v) is 4.99. The van der Waals surface area contributed by atoms with Crippen LogP contribution in [0.15, 0.2) is 42.5 Å². The van der Waals surface area contributed by atoms with Crippen LogP contribution in [0, 0.1) is 6.92 Å². The van der Waals surface area contributed by atoms with Crippen LogP contribution in [-0.4, -0.2) is 20.0 Å². The highest BCUT2D eigenvalue weighted by molar-refractivity contribution is 6.07. The van der Waals surface area contributed by atoms with Crippen molar-refractivity contribution in [2.24, 2.45) is 0 Å². The van der Waals surface area contributed by atoms with Gasteiger partial charge in [-0.15, -0.1) is 0 Å². The van der Waals surface area contributed by atoms with E-state index in [1.165, 1.54) is 0 Å². The Morgan fingerprint density at radius 3 is 2.30 bits per heavy atom. The quantitative estimate of drug-likeness (QED) is 0.842. The summed E-state index contributed by atoms with van der Waals surface area (Å²) in [6, 6.07) is 13.1. The summed E-state index contributed by atoms with van der Waals surface area (Å²) in [5.41, 5.74) is 9.73.